The van der Waals surface area contributed by atoms with Crippen LogP contribution in [0.3, 0.4) is 0 Å². The molecular formula is C18H18BrNO4. The average Bonchev–Trinajstić information content (AvgIpc) is 2.58. The Hall–Kier alpha value is -2.34. The summed E-state index contributed by atoms with van der Waals surface area (Å²) < 4.78 is 11.1. The number of aryl methyl sites for hydroxylation is 1. The first-order valence-electron chi connectivity index (χ1n) is 7.44. The van der Waals surface area contributed by atoms with Gasteiger partial charge >= 0.3 is 5.97 Å². The number of amides is 1. The van der Waals surface area contributed by atoms with E-state index in [1.165, 1.54) is 0 Å². The Kier molecular flexibility index (Phi) is 6.81. The summed E-state index contributed by atoms with van der Waals surface area (Å²) in [5.41, 5.74) is 1.61. The Morgan fingerprint density at radius 1 is 1.04 bits per heavy atom. The molecule has 24 heavy (non-hydrogen) atoms. The van der Waals surface area contributed by atoms with Crippen molar-refractivity contribution in [2.24, 2.45) is 0 Å². The van der Waals surface area contributed by atoms with Crippen molar-refractivity contribution in [1.29, 1.82) is 0 Å². The van der Waals surface area contributed by atoms with Gasteiger partial charge in [-0.25, -0.2) is 0 Å². The predicted octanol–water partition coefficient (Wildman–Crippen LogP) is 3.11. The highest BCUT2D eigenvalue weighted by Gasteiger charge is 2.11. The molecule has 2 aromatic rings. The zero-order valence-corrected chi connectivity index (χ0v) is 14.8. The molecular weight excluding hydrogens is 374 g/mol. The summed E-state index contributed by atoms with van der Waals surface area (Å²) >= 11 is 3.29. The van der Waals surface area contributed by atoms with Crippen LogP contribution in [0.1, 0.15) is 15.9 Å². The lowest BCUT2D eigenvalue weighted by molar-refractivity contribution is -0.143. The van der Waals surface area contributed by atoms with Crippen LogP contribution in [0.5, 0.6) is 5.75 Å². The maximum atomic E-state index is 11.9. The van der Waals surface area contributed by atoms with Crippen LogP contribution in [0.4, 0.5) is 0 Å². The quantitative estimate of drug-likeness (QED) is 0.581. The fraction of sp³-hybridized carbons (Fsp3) is 0.222. The zero-order chi connectivity index (χ0) is 17.4. The lowest BCUT2D eigenvalue weighted by Gasteiger charge is -2.09. The molecule has 1 amide bonds. The van der Waals surface area contributed by atoms with Gasteiger partial charge in [-0.2, -0.15) is 0 Å². The van der Waals surface area contributed by atoms with Crippen molar-refractivity contribution < 1.29 is 19.1 Å². The van der Waals surface area contributed by atoms with Crippen molar-refractivity contribution in [3.05, 3.63) is 64.1 Å². The van der Waals surface area contributed by atoms with Crippen molar-refractivity contribution in [2.45, 2.75) is 6.92 Å². The molecule has 0 bridgehead atoms. The third-order valence-corrected chi connectivity index (χ3v) is 3.84. The summed E-state index contributed by atoms with van der Waals surface area (Å²) in [6.45, 7) is 2.18. The van der Waals surface area contributed by atoms with Gasteiger partial charge in [0.05, 0.1) is 5.56 Å². The number of hydrogen-bond donors (Lipinski definition) is 1. The van der Waals surface area contributed by atoms with E-state index in [2.05, 4.69) is 21.2 Å². The monoisotopic (exact) mass is 391 g/mol. The minimum Gasteiger partial charge on any atom is -0.490 e. The molecule has 0 atom stereocenters. The van der Waals surface area contributed by atoms with Gasteiger partial charge in [-0.05, 0) is 47.1 Å². The number of hydrogen-bond acceptors (Lipinski definition) is 4. The molecule has 0 spiro atoms. The van der Waals surface area contributed by atoms with E-state index in [-0.39, 0.29) is 25.7 Å². The number of esters is 1. The summed E-state index contributed by atoms with van der Waals surface area (Å²) in [5, 5.41) is 2.52. The molecule has 0 fully saturated rings. The first kappa shape index (κ1) is 18.0. The van der Waals surface area contributed by atoms with Crippen molar-refractivity contribution in [2.75, 3.05) is 19.8 Å². The molecule has 126 valence electrons. The van der Waals surface area contributed by atoms with Gasteiger partial charge in [0.2, 0.25) is 0 Å². The topological polar surface area (TPSA) is 64.6 Å². The number of carbonyl (C=O) groups is 2. The Morgan fingerprint density at radius 3 is 2.46 bits per heavy atom. The first-order chi connectivity index (χ1) is 11.6. The fourth-order valence-electron chi connectivity index (χ4n) is 1.89. The van der Waals surface area contributed by atoms with Gasteiger partial charge in [0.25, 0.3) is 5.91 Å². The summed E-state index contributed by atoms with van der Waals surface area (Å²) in [5.74, 6) is -0.128. The Morgan fingerprint density at radius 2 is 1.75 bits per heavy atom. The standard InChI is InChI=1S/C18H18BrNO4/c1-13-6-8-14(9-7-13)23-10-11-24-17(21)12-20-18(22)15-4-2-3-5-16(15)19/h2-9H,10-12H2,1H3,(H,20,22). The largest absolute Gasteiger partial charge is 0.490 e. The Balaban J connectivity index is 1.65. The minimum absolute atomic E-state index is 0.123. The number of nitrogens with one attached hydrogen (secondary N) is 1. The zero-order valence-electron chi connectivity index (χ0n) is 13.3. The maximum absolute atomic E-state index is 11.9. The van der Waals surface area contributed by atoms with E-state index in [1.807, 2.05) is 37.3 Å². The van der Waals surface area contributed by atoms with Gasteiger partial charge in [-0.3, -0.25) is 9.59 Å². The van der Waals surface area contributed by atoms with Crippen molar-refractivity contribution in [3.8, 4) is 5.75 Å². The minimum atomic E-state index is -0.511. The SMILES string of the molecule is Cc1ccc(OCCOC(=O)CNC(=O)c2ccccc2Br)cc1. The first-order valence-corrected chi connectivity index (χ1v) is 8.23. The summed E-state index contributed by atoms with van der Waals surface area (Å²) in [6, 6.07) is 14.6. The van der Waals surface area contributed by atoms with Crippen LogP contribution in [0.2, 0.25) is 0 Å². The predicted molar refractivity (Wildman–Crippen MR) is 94.1 cm³/mol. The molecule has 6 heteroatoms. The molecule has 0 radical (unpaired) electrons. The van der Waals surface area contributed by atoms with Crippen LogP contribution in [0.25, 0.3) is 0 Å². The van der Waals surface area contributed by atoms with Gasteiger partial charge in [-0.15, -0.1) is 0 Å². The van der Waals surface area contributed by atoms with Crippen molar-refractivity contribution in [3.63, 3.8) is 0 Å². The number of halogens is 1. The highest BCUT2D eigenvalue weighted by molar-refractivity contribution is 9.10. The fourth-order valence-corrected chi connectivity index (χ4v) is 2.36. The van der Waals surface area contributed by atoms with Crippen LogP contribution in [0, 0.1) is 6.92 Å². The average molecular weight is 392 g/mol. The molecule has 5 nitrogen and oxygen atoms in total. The molecule has 0 unspecified atom stereocenters. The van der Waals surface area contributed by atoms with Gasteiger partial charge in [0.1, 0.15) is 25.5 Å². The Bertz CT molecular complexity index is 700. The highest BCUT2D eigenvalue weighted by Crippen LogP contribution is 2.15. The summed E-state index contributed by atoms with van der Waals surface area (Å²) in [6.07, 6.45) is 0. The van der Waals surface area contributed by atoms with Crippen LogP contribution in [0.15, 0.2) is 53.0 Å². The van der Waals surface area contributed by atoms with Crippen LogP contribution >= 0.6 is 15.9 Å². The molecule has 0 saturated heterocycles. The van der Waals surface area contributed by atoms with Gasteiger partial charge in [0.15, 0.2) is 0 Å². The smallest absolute Gasteiger partial charge is 0.325 e. The summed E-state index contributed by atoms with van der Waals surface area (Å²) in [7, 11) is 0. The third kappa shape index (κ3) is 5.70. The second kappa shape index (κ2) is 9.08. The molecule has 0 heterocycles. The molecule has 0 aromatic heterocycles. The molecule has 0 aliphatic carbocycles. The summed E-state index contributed by atoms with van der Waals surface area (Å²) in [4.78, 5) is 23.6. The van der Waals surface area contributed by atoms with E-state index in [4.69, 9.17) is 9.47 Å². The van der Waals surface area contributed by atoms with Crippen LogP contribution in [-0.4, -0.2) is 31.6 Å². The Labute approximate surface area is 149 Å². The van der Waals surface area contributed by atoms with Gasteiger partial charge in [-0.1, -0.05) is 29.8 Å². The lowest BCUT2D eigenvalue weighted by atomic mass is 10.2. The van der Waals surface area contributed by atoms with Crippen LogP contribution < -0.4 is 10.1 Å². The molecule has 0 saturated carbocycles. The van der Waals surface area contributed by atoms with E-state index in [9.17, 15) is 9.59 Å². The number of ether oxygens (including phenoxy) is 2. The highest BCUT2D eigenvalue weighted by atomic mass is 79.9. The number of benzene rings is 2. The van der Waals surface area contributed by atoms with Gasteiger partial charge in [0, 0.05) is 4.47 Å². The maximum Gasteiger partial charge on any atom is 0.325 e. The van der Waals surface area contributed by atoms with E-state index in [0.29, 0.717) is 10.0 Å². The van der Waals surface area contributed by atoms with E-state index in [0.717, 1.165) is 11.3 Å². The molecule has 0 aliphatic rings. The normalized spacial score (nSPS) is 10.1. The number of rotatable bonds is 7. The molecule has 2 rings (SSSR count). The van der Waals surface area contributed by atoms with E-state index in [1.54, 1.807) is 18.2 Å². The van der Waals surface area contributed by atoms with Crippen molar-refractivity contribution in [1.82, 2.24) is 5.32 Å². The molecule has 2 aromatic carbocycles. The molecule has 0 aliphatic heterocycles. The van der Waals surface area contributed by atoms with E-state index < -0.39 is 5.97 Å². The van der Waals surface area contributed by atoms with Crippen molar-refractivity contribution >= 4 is 27.8 Å². The number of carbonyl (C=O) groups excluding carboxylic acids is 2. The van der Waals surface area contributed by atoms with E-state index >= 15 is 0 Å². The molecule has 1 N–H and O–H groups in total. The second-order valence-electron chi connectivity index (χ2n) is 5.04. The van der Waals surface area contributed by atoms with Gasteiger partial charge < -0.3 is 14.8 Å². The second-order valence-corrected chi connectivity index (χ2v) is 5.90. The third-order valence-electron chi connectivity index (χ3n) is 3.15. The lowest BCUT2D eigenvalue weighted by Crippen LogP contribution is -2.31. The van der Waals surface area contributed by atoms with Crippen LogP contribution in [-0.2, 0) is 9.53 Å².